The van der Waals surface area contributed by atoms with Crippen LogP contribution >= 0.6 is 0 Å². The number of alkyl halides is 2. The fourth-order valence-corrected chi connectivity index (χ4v) is 1.23. The van der Waals surface area contributed by atoms with Crippen LogP contribution < -0.4 is 5.73 Å². The number of benzene rings is 1. The molecule has 0 spiro atoms. The number of carbonyl (C=O) groups is 1. The first-order valence-electron chi connectivity index (χ1n) is 4.12. The molecule has 0 aliphatic heterocycles. The first-order valence-corrected chi connectivity index (χ1v) is 4.12. The lowest BCUT2D eigenvalue weighted by Crippen LogP contribution is -2.03. The molecule has 0 saturated carbocycles. The van der Waals surface area contributed by atoms with Crippen LogP contribution in [0.3, 0.4) is 0 Å². The summed E-state index contributed by atoms with van der Waals surface area (Å²) in [6.07, 6.45) is -2.65. The van der Waals surface area contributed by atoms with Crippen molar-refractivity contribution in [1.82, 2.24) is 0 Å². The second kappa shape index (κ2) is 3.74. The highest BCUT2D eigenvalue weighted by atomic mass is 19.3. The van der Waals surface area contributed by atoms with E-state index in [9.17, 15) is 13.6 Å². The van der Waals surface area contributed by atoms with E-state index in [0.717, 1.165) is 0 Å². The maximum atomic E-state index is 12.5. The van der Waals surface area contributed by atoms with Crippen molar-refractivity contribution in [2.45, 2.75) is 20.3 Å². The fourth-order valence-electron chi connectivity index (χ4n) is 1.23. The van der Waals surface area contributed by atoms with Crippen molar-refractivity contribution in [3.8, 4) is 0 Å². The third-order valence-electron chi connectivity index (χ3n) is 2.05. The number of rotatable bonds is 2. The number of ketones is 1. The summed E-state index contributed by atoms with van der Waals surface area (Å²) in [4.78, 5) is 11.0. The molecule has 0 fully saturated rings. The third-order valence-corrected chi connectivity index (χ3v) is 2.05. The number of halogens is 2. The smallest absolute Gasteiger partial charge is 0.264 e. The molecular formula is C10H11F2NO. The normalized spacial score (nSPS) is 10.6. The van der Waals surface area contributed by atoms with Gasteiger partial charge in [-0.05, 0) is 31.5 Å². The summed E-state index contributed by atoms with van der Waals surface area (Å²) in [5.41, 5.74) is 6.21. The number of aryl methyl sites for hydroxylation is 1. The third kappa shape index (κ3) is 1.89. The lowest BCUT2D eigenvalue weighted by atomic mass is 10.0. The van der Waals surface area contributed by atoms with Gasteiger partial charge in [-0.15, -0.1) is 0 Å². The largest absolute Gasteiger partial charge is 0.398 e. The van der Waals surface area contributed by atoms with Crippen LogP contribution in [-0.4, -0.2) is 5.78 Å². The van der Waals surface area contributed by atoms with Gasteiger partial charge in [0.1, 0.15) is 0 Å². The zero-order chi connectivity index (χ0) is 10.9. The number of hydrogen-bond donors (Lipinski definition) is 1. The zero-order valence-electron chi connectivity index (χ0n) is 7.97. The maximum Gasteiger partial charge on any atom is 0.264 e. The Labute approximate surface area is 80.7 Å². The predicted octanol–water partition coefficient (Wildman–Crippen LogP) is 2.72. The quantitative estimate of drug-likeness (QED) is 0.587. The molecule has 0 heterocycles. The number of anilines is 1. The monoisotopic (exact) mass is 199 g/mol. The molecule has 0 atom stereocenters. The van der Waals surface area contributed by atoms with E-state index < -0.39 is 12.2 Å². The number of Topliss-reactive ketones (excluding diaryl/α,β-unsaturated/α-hetero) is 1. The minimum absolute atomic E-state index is 0.00287. The first kappa shape index (κ1) is 10.6. The van der Waals surface area contributed by atoms with Gasteiger partial charge in [0.25, 0.3) is 6.43 Å². The SMILES string of the molecule is CC(=O)c1cc(N)c(C)cc1C(F)F. The van der Waals surface area contributed by atoms with E-state index in [1.54, 1.807) is 6.92 Å². The van der Waals surface area contributed by atoms with Crippen molar-refractivity contribution in [2.75, 3.05) is 5.73 Å². The minimum Gasteiger partial charge on any atom is -0.398 e. The maximum absolute atomic E-state index is 12.5. The highest BCUT2D eigenvalue weighted by Gasteiger charge is 2.17. The van der Waals surface area contributed by atoms with Crippen LogP contribution in [0.1, 0.15) is 34.8 Å². The minimum atomic E-state index is -2.65. The van der Waals surface area contributed by atoms with Gasteiger partial charge in [-0.1, -0.05) is 0 Å². The molecule has 1 rings (SSSR count). The number of nitrogen functional groups attached to an aromatic ring is 1. The van der Waals surface area contributed by atoms with E-state index >= 15 is 0 Å². The van der Waals surface area contributed by atoms with E-state index in [1.807, 2.05) is 0 Å². The number of nitrogens with two attached hydrogens (primary N) is 1. The second-order valence-corrected chi connectivity index (χ2v) is 3.15. The van der Waals surface area contributed by atoms with Crippen LogP contribution in [0.2, 0.25) is 0 Å². The molecule has 0 aromatic heterocycles. The van der Waals surface area contributed by atoms with Crippen molar-refractivity contribution in [1.29, 1.82) is 0 Å². The molecule has 0 aliphatic carbocycles. The van der Waals surface area contributed by atoms with E-state index in [4.69, 9.17) is 5.73 Å². The van der Waals surface area contributed by atoms with Crippen molar-refractivity contribution in [2.24, 2.45) is 0 Å². The summed E-state index contributed by atoms with van der Waals surface area (Å²) in [5.74, 6) is -0.396. The molecule has 1 aromatic rings. The molecule has 0 bridgehead atoms. The fraction of sp³-hybridized carbons (Fsp3) is 0.300. The molecule has 0 aliphatic rings. The van der Waals surface area contributed by atoms with Crippen LogP contribution in [0.15, 0.2) is 12.1 Å². The summed E-state index contributed by atoms with van der Waals surface area (Å²) < 4.78 is 25.0. The summed E-state index contributed by atoms with van der Waals surface area (Å²) in [7, 11) is 0. The van der Waals surface area contributed by atoms with E-state index in [1.165, 1.54) is 19.1 Å². The van der Waals surface area contributed by atoms with Gasteiger partial charge in [0, 0.05) is 16.8 Å². The van der Waals surface area contributed by atoms with Crippen molar-refractivity contribution in [3.05, 3.63) is 28.8 Å². The van der Waals surface area contributed by atoms with Crippen molar-refractivity contribution < 1.29 is 13.6 Å². The first-order chi connectivity index (χ1) is 6.43. The van der Waals surface area contributed by atoms with Gasteiger partial charge in [0.15, 0.2) is 5.78 Å². The van der Waals surface area contributed by atoms with Gasteiger partial charge < -0.3 is 5.73 Å². The molecule has 2 nitrogen and oxygen atoms in total. The number of hydrogen-bond acceptors (Lipinski definition) is 2. The van der Waals surface area contributed by atoms with Crippen LogP contribution in [-0.2, 0) is 0 Å². The highest BCUT2D eigenvalue weighted by molar-refractivity contribution is 5.96. The summed E-state index contributed by atoms with van der Waals surface area (Å²) in [5, 5.41) is 0. The summed E-state index contributed by atoms with van der Waals surface area (Å²) in [6.45, 7) is 2.88. The Morgan fingerprint density at radius 1 is 1.43 bits per heavy atom. The molecule has 76 valence electrons. The van der Waals surface area contributed by atoms with E-state index in [2.05, 4.69) is 0 Å². The van der Waals surface area contributed by atoms with Gasteiger partial charge in [0.2, 0.25) is 0 Å². The molecule has 4 heteroatoms. The average molecular weight is 199 g/mol. The Kier molecular flexibility index (Phi) is 2.84. The Hall–Kier alpha value is -1.45. The van der Waals surface area contributed by atoms with Crippen molar-refractivity contribution >= 4 is 11.5 Å². The van der Waals surface area contributed by atoms with Gasteiger partial charge in [-0.3, -0.25) is 4.79 Å². The van der Waals surface area contributed by atoms with Crippen LogP contribution in [0.4, 0.5) is 14.5 Å². The molecule has 1 aromatic carbocycles. The lowest BCUT2D eigenvalue weighted by Gasteiger charge is -2.09. The predicted molar refractivity (Wildman–Crippen MR) is 50.6 cm³/mol. The van der Waals surface area contributed by atoms with E-state index in [-0.39, 0.29) is 11.1 Å². The Morgan fingerprint density at radius 2 is 2.00 bits per heavy atom. The molecular weight excluding hydrogens is 188 g/mol. The van der Waals surface area contributed by atoms with Gasteiger partial charge in [0.05, 0.1) is 0 Å². The van der Waals surface area contributed by atoms with Gasteiger partial charge >= 0.3 is 0 Å². The molecule has 0 amide bonds. The lowest BCUT2D eigenvalue weighted by molar-refractivity contribution is 0.0999. The average Bonchev–Trinajstić information content (AvgIpc) is 2.08. The van der Waals surface area contributed by atoms with Crippen LogP contribution in [0.25, 0.3) is 0 Å². The Morgan fingerprint density at radius 3 is 2.43 bits per heavy atom. The van der Waals surface area contributed by atoms with Crippen LogP contribution in [0.5, 0.6) is 0 Å². The van der Waals surface area contributed by atoms with E-state index in [0.29, 0.717) is 11.3 Å². The second-order valence-electron chi connectivity index (χ2n) is 3.15. The Balaban J connectivity index is 3.39. The van der Waals surface area contributed by atoms with Crippen molar-refractivity contribution in [3.63, 3.8) is 0 Å². The van der Waals surface area contributed by atoms with Gasteiger partial charge in [-0.25, -0.2) is 8.78 Å². The van der Waals surface area contributed by atoms with Gasteiger partial charge in [-0.2, -0.15) is 0 Å². The molecule has 2 N–H and O–H groups in total. The Bertz CT molecular complexity index is 375. The molecule has 0 saturated heterocycles. The summed E-state index contributed by atoms with van der Waals surface area (Å²) >= 11 is 0. The molecule has 14 heavy (non-hydrogen) atoms. The zero-order valence-corrected chi connectivity index (χ0v) is 7.97. The number of carbonyl (C=O) groups excluding carboxylic acids is 1. The standard InChI is InChI=1S/C10H11F2NO/c1-5-3-8(10(11)12)7(6(2)14)4-9(5)13/h3-4,10H,13H2,1-2H3. The molecule has 0 unspecified atom stereocenters. The topological polar surface area (TPSA) is 43.1 Å². The van der Waals surface area contributed by atoms with Crippen LogP contribution in [0, 0.1) is 6.92 Å². The summed E-state index contributed by atoms with van der Waals surface area (Å²) in [6, 6.07) is 2.57. The highest BCUT2D eigenvalue weighted by Crippen LogP contribution is 2.27. The molecule has 0 radical (unpaired) electrons.